The number of Topliss-reactive ketones (excluding diaryl/α,β-unsaturated/α-hetero) is 1. The number of pyridine rings is 1. The molecular formula is C35H33N3O5. The van der Waals surface area contributed by atoms with Gasteiger partial charge in [-0.2, -0.15) is 0 Å². The molecule has 1 aromatic heterocycles. The third kappa shape index (κ3) is 5.09. The predicted molar refractivity (Wildman–Crippen MR) is 165 cm³/mol. The van der Waals surface area contributed by atoms with E-state index in [0.29, 0.717) is 46.9 Å². The molecule has 218 valence electrons. The summed E-state index contributed by atoms with van der Waals surface area (Å²) in [7, 11) is 4.54. The van der Waals surface area contributed by atoms with Crippen LogP contribution in [-0.4, -0.2) is 38.0 Å². The van der Waals surface area contributed by atoms with Gasteiger partial charge in [-0.05, 0) is 60.7 Å². The standard InChI is InChI=1S/C35H33N3O5/c1-21-11-13-22(14-12-21)24-16-27-32(29(39)17-24)33(23-8-7-15-36-20-23)38(28-10-6-5-9-26(28)37-27)35(40)25-18-30(41-2)34(43-4)31(19-25)42-3/h5-15,18-20,24,33,37H,16-17H2,1-4H3. The van der Waals surface area contributed by atoms with E-state index in [1.54, 1.807) is 29.4 Å². The van der Waals surface area contributed by atoms with Crippen LogP contribution in [0.3, 0.4) is 0 Å². The molecule has 0 bridgehead atoms. The number of fused-ring (bicyclic) bond motifs is 1. The minimum atomic E-state index is -0.724. The number of carbonyl (C=O) groups is 2. The Labute approximate surface area is 250 Å². The van der Waals surface area contributed by atoms with E-state index in [0.717, 1.165) is 22.5 Å². The van der Waals surface area contributed by atoms with Gasteiger partial charge in [-0.15, -0.1) is 0 Å². The second-order valence-electron chi connectivity index (χ2n) is 10.8. The van der Waals surface area contributed by atoms with Gasteiger partial charge in [0, 0.05) is 35.6 Å². The van der Waals surface area contributed by atoms with Crippen molar-refractivity contribution in [3.05, 3.63) is 119 Å². The van der Waals surface area contributed by atoms with Crippen molar-refractivity contribution in [1.82, 2.24) is 4.98 Å². The van der Waals surface area contributed by atoms with Crippen molar-refractivity contribution in [3.8, 4) is 17.2 Å². The van der Waals surface area contributed by atoms with Crippen molar-refractivity contribution in [2.45, 2.75) is 31.7 Å². The van der Waals surface area contributed by atoms with Crippen LogP contribution in [0.5, 0.6) is 17.2 Å². The van der Waals surface area contributed by atoms with Crippen molar-refractivity contribution in [3.63, 3.8) is 0 Å². The Morgan fingerprint density at radius 1 is 0.884 bits per heavy atom. The molecule has 8 heteroatoms. The van der Waals surface area contributed by atoms with Gasteiger partial charge >= 0.3 is 0 Å². The van der Waals surface area contributed by atoms with Gasteiger partial charge in [0.2, 0.25) is 5.75 Å². The second kappa shape index (κ2) is 11.6. The van der Waals surface area contributed by atoms with Gasteiger partial charge in [0.05, 0.1) is 38.7 Å². The van der Waals surface area contributed by atoms with E-state index >= 15 is 0 Å². The molecule has 1 N–H and O–H groups in total. The number of aryl methyl sites for hydroxylation is 1. The van der Waals surface area contributed by atoms with Crippen molar-refractivity contribution in [2.24, 2.45) is 0 Å². The lowest BCUT2D eigenvalue weighted by atomic mass is 9.78. The van der Waals surface area contributed by atoms with E-state index in [4.69, 9.17) is 14.2 Å². The first kappa shape index (κ1) is 28.0. The number of rotatable bonds is 6. The summed E-state index contributed by atoms with van der Waals surface area (Å²) in [6.45, 7) is 2.05. The number of methoxy groups -OCH3 is 3. The summed E-state index contributed by atoms with van der Waals surface area (Å²) in [6.07, 6.45) is 4.37. The van der Waals surface area contributed by atoms with Crippen LogP contribution in [0.1, 0.15) is 51.8 Å². The molecule has 0 spiro atoms. The molecule has 4 aromatic rings. The normalized spacial score (nSPS) is 17.8. The molecule has 2 aliphatic rings. The molecule has 2 atom stereocenters. The van der Waals surface area contributed by atoms with Crippen LogP contribution < -0.4 is 24.4 Å². The molecule has 43 heavy (non-hydrogen) atoms. The lowest BCUT2D eigenvalue weighted by Crippen LogP contribution is -2.38. The van der Waals surface area contributed by atoms with E-state index in [1.807, 2.05) is 36.4 Å². The van der Waals surface area contributed by atoms with Crippen LogP contribution in [0.25, 0.3) is 0 Å². The highest BCUT2D eigenvalue weighted by atomic mass is 16.5. The van der Waals surface area contributed by atoms with Crippen LogP contribution in [0.15, 0.2) is 96.5 Å². The van der Waals surface area contributed by atoms with Crippen molar-refractivity contribution in [1.29, 1.82) is 0 Å². The van der Waals surface area contributed by atoms with Crippen LogP contribution in [0.4, 0.5) is 11.4 Å². The summed E-state index contributed by atoms with van der Waals surface area (Å²) in [5.41, 5.74) is 6.10. The van der Waals surface area contributed by atoms with Crippen LogP contribution in [0, 0.1) is 6.92 Å². The van der Waals surface area contributed by atoms with Gasteiger partial charge in [-0.1, -0.05) is 48.0 Å². The monoisotopic (exact) mass is 575 g/mol. The first-order chi connectivity index (χ1) is 20.9. The first-order valence-corrected chi connectivity index (χ1v) is 14.2. The smallest absolute Gasteiger partial charge is 0.259 e. The number of ether oxygens (including phenoxy) is 3. The number of benzene rings is 3. The maximum Gasteiger partial charge on any atom is 0.259 e. The Hall–Kier alpha value is -5.11. The van der Waals surface area contributed by atoms with Crippen molar-refractivity contribution in [2.75, 3.05) is 31.5 Å². The third-order valence-electron chi connectivity index (χ3n) is 8.17. The fourth-order valence-electron chi connectivity index (χ4n) is 6.08. The highest BCUT2D eigenvalue weighted by molar-refractivity contribution is 6.12. The number of aromatic nitrogens is 1. The number of nitrogens with one attached hydrogen (secondary N) is 1. The fraction of sp³-hybridized carbons (Fsp3) is 0.229. The van der Waals surface area contributed by atoms with Gasteiger partial charge < -0.3 is 19.5 Å². The van der Waals surface area contributed by atoms with Gasteiger partial charge in [-0.25, -0.2) is 0 Å². The predicted octanol–water partition coefficient (Wildman–Crippen LogP) is 6.63. The third-order valence-corrected chi connectivity index (χ3v) is 8.17. The Kier molecular flexibility index (Phi) is 7.59. The minimum absolute atomic E-state index is 0.0105. The maximum atomic E-state index is 14.7. The fourth-order valence-corrected chi connectivity index (χ4v) is 6.08. The summed E-state index contributed by atoms with van der Waals surface area (Å²) in [5, 5.41) is 3.58. The van der Waals surface area contributed by atoms with Gasteiger partial charge in [-0.3, -0.25) is 19.5 Å². The van der Waals surface area contributed by atoms with Gasteiger partial charge in [0.15, 0.2) is 17.3 Å². The molecule has 2 heterocycles. The molecular weight excluding hydrogens is 542 g/mol. The topological polar surface area (TPSA) is 90.0 Å². The summed E-state index contributed by atoms with van der Waals surface area (Å²) >= 11 is 0. The highest BCUT2D eigenvalue weighted by Gasteiger charge is 2.42. The van der Waals surface area contributed by atoms with Crippen molar-refractivity contribution >= 4 is 23.1 Å². The largest absolute Gasteiger partial charge is 0.493 e. The van der Waals surface area contributed by atoms with Crippen molar-refractivity contribution < 1.29 is 23.8 Å². The number of nitrogens with zero attached hydrogens (tertiary/aromatic N) is 2. The van der Waals surface area contributed by atoms with E-state index in [9.17, 15) is 9.59 Å². The van der Waals surface area contributed by atoms with E-state index in [-0.39, 0.29) is 17.6 Å². The molecule has 8 nitrogen and oxygen atoms in total. The molecule has 0 saturated carbocycles. The number of ketones is 1. The zero-order valence-electron chi connectivity index (χ0n) is 24.6. The van der Waals surface area contributed by atoms with Gasteiger partial charge in [0.1, 0.15) is 0 Å². The number of carbonyl (C=O) groups excluding carboxylic acids is 2. The van der Waals surface area contributed by atoms with E-state index in [2.05, 4.69) is 41.5 Å². The molecule has 1 aliphatic carbocycles. The Morgan fingerprint density at radius 3 is 2.26 bits per heavy atom. The average molecular weight is 576 g/mol. The lowest BCUT2D eigenvalue weighted by molar-refractivity contribution is -0.116. The Morgan fingerprint density at radius 2 is 1.60 bits per heavy atom. The molecule has 1 amide bonds. The Bertz CT molecular complexity index is 1690. The lowest BCUT2D eigenvalue weighted by Gasteiger charge is -2.35. The minimum Gasteiger partial charge on any atom is -0.493 e. The van der Waals surface area contributed by atoms with E-state index in [1.165, 1.54) is 26.9 Å². The number of para-hydroxylation sites is 2. The molecule has 3 aromatic carbocycles. The molecule has 0 radical (unpaired) electrons. The summed E-state index contributed by atoms with van der Waals surface area (Å²) in [6, 6.07) is 22.3. The molecule has 2 unspecified atom stereocenters. The number of hydrogen-bond acceptors (Lipinski definition) is 7. The summed E-state index contributed by atoms with van der Waals surface area (Å²) < 4.78 is 16.6. The van der Waals surface area contributed by atoms with Crippen LogP contribution in [-0.2, 0) is 4.79 Å². The zero-order valence-corrected chi connectivity index (χ0v) is 24.6. The zero-order chi connectivity index (χ0) is 30.1. The maximum absolute atomic E-state index is 14.7. The SMILES string of the molecule is COc1cc(C(=O)N2c3ccccc3NC3=C(C(=O)CC(c4ccc(C)cc4)C3)C2c2cccnc2)cc(OC)c1OC. The number of allylic oxidation sites excluding steroid dienone is 1. The van der Waals surface area contributed by atoms with Crippen LogP contribution in [0.2, 0.25) is 0 Å². The quantitative estimate of drug-likeness (QED) is 0.276. The van der Waals surface area contributed by atoms with Crippen LogP contribution >= 0.6 is 0 Å². The molecule has 6 rings (SSSR count). The molecule has 0 fully saturated rings. The number of hydrogen-bond donors (Lipinski definition) is 1. The number of anilines is 2. The summed E-state index contributed by atoms with van der Waals surface area (Å²) in [5.74, 6) is 0.780. The summed E-state index contributed by atoms with van der Waals surface area (Å²) in [4.78, 5) is 35.0. The highest BCUT2D eigenvalue weighted by Crippen LogP contribution is 2.48. The Balaban J connectivity index is 1.55. The average Bonchev–Trinajstić information content (AvgIpc) is 3.19. The number of amides is 1. The van der Waals surface area contributed by atoms with E-state index < -0.39 is 6.04 Å². The second-order valence-corrected chi connectivity index (χ2v) is 10.8. The van der Waals surface area contributed by atoms with Gasteiger partial charge in [0.25, 0.3) is 5.91 Å². The first-order valence-electron chi connectivity index (χ1n) is 14.2. The molecule has 0 saturated heterocycles. The molecule has 1 aliphatic heterocycles.